The van der Waals surface area contributed by atoms with Crippen LogP contribution in [0.15, 0.2) is 36.9 Å². The number of allylic oxidation sites excluding steroid dienone is 1. The zero-order valence-corrected chi connectivity index (χ0v) is 8.95. The van der Waals surface area contributed by atoms with Crippen LogP contribution in [0.5, 0.6) is 0 Å². The fraction of sp³-hybridized carbons (Fsp3) is 0.154. The number of aromatic nitrogens is 1. The third-order valence-corrected chi connectivity index (χ3v) is 2.83. The molecule has 0 radical (unpaired) electrons. The van der Waals surface area contributed by atoms with Crippen LogP contribution in [0.4, 0.5) is 0 Å². The Hall–Kier alpha value is -1.83. The van der Waals surface area contributed by atoms with E-state index in [1.54, 1.807) is 0 Å². The molecular weight excluding hydrogens is 186 g/mol. The highest BCUT2D eigenvalue weighted by Gasteiger charge is 2.15. The molecule has 0 saturated heterocycles. The smallest absolute Gasteiger partial charge is 0.187 e. The van der Waals surface area contributed by atoms with Crippen molar-refractivity contribution in [2.75, 3.05) is 0 Å². The SMILES string of the molecule is C=CC(=O)c1c(C)n(C)c2ccccc12. The van der Waals surface area contributed by atoms with Gasteiger partial charge < -0.3 is 4.57 Å². The molecule has 2 aromatic rings. The standard InChI is InChI=1S/C13H13NO/c1-4-12(15)13-9(2)14(3)11-8-6-5-7-10(11)13/h4-8H,1H2,2-3H3. The van der Waals surface area contributed by atoms with E-state index in [-0.39, 0.29) is 5.78 Å². The number of carbonyl (C=O) groups excluding carboxylic acids is 1. The van der Waals surface area contributed by atoms with Crippen LogP contribution in [-0.2, 0) is 7.05 Å². The fourth-order valence-electron chi connectivity index (χ4n) is 1.93. The molecule has 0 spiro atoms. The maximum absolute atomic E-state index is 11.7. The number of para-hydroxylation sites is 1. The molecule has 0 aliphatic carbocycles. The van der Waals surface area contributed by atoms with E-state index in [0.29, 0.717) is 0 Å². The van der Waals surface area contributed by atoms with Gasteiger partial charge in [-0.15, -0.1) is 0 Å². The van der Waals surface area contributed by atoms with Gasteiger partial charge in [0, 0.05) is 23.6 Å². The largest absolute Gasteiger partial charge is 0.347 e. The zero-order valence-electron chi connectivity index (χ0n) is 8.95. The summed E-state index contributed by atoms with van der Waals surface area (Å²) in [6, 6.07) is 7.91. The molecule has 0 unspecified atom stereocenters. The van der Waals surface area contributed by atoms with Crippen LogP contribution in [-0.4, -0.2) is 10.4 Å². The van der Waals surface area contributed by atoms with Gasteiger partial charge in [-0.05, 0) is 19.1 Å². The molecule has 0 aliphatic heterocycles. The minimum atomic E-state index is -0.00991. The van der Waals surface area contributed by atoms with Crippen LogP contribution in [0, 0.1) is 6.92 Å². The van der Waals surface area contributed by atoms with Gasteiger partial charge in [0.05, 0.1) is 5.56 Å². The quantitative estimate of drug-likeness (QED) is 0.538. The van der Waals surface area contributed by atoms with Gasteiger partial charge in [0.25, 0.3) is 0 Å². The van der Waals surface area contributed by atoms with Crippen LogP contribution in [0.3, 0.4) is 0 Å². The number of ketones is 1. The van der Waals surface area contributed by atoms with Crippen LogP contribution >= 0.6 is 0 Å². The summed E-state index contributed by atoms with van der Waals surface area (Å²) < 4.78 is 2.03. The highest BCUT2D eigenvalue weighted by Crippen LogP contribution is 2.25. The Morgan fingerprint density at radius 1 is 1.40 bits per heavy atom. The normalized spacial score (nSPS) is 10.5. The maximum atomic E-state index is 11.7. The van der Waals surface area contributed by atoms with Crippen LogP contribution < -0.4 is 0 Å². The molecule has 0 fully saturated rings. The molecule has 15 heavy (non-hydrogen) atoms. The number of nitrogens with zero attached hydrogens (tertiary/aromatic N) is 1. The Morgan fingerprint density at radius 3 is 2.73 bits per heavy atom. The van der Waals surface area contributed by atoms with Crippen LogP contribution in [0.1, 0.15) is 16.1 Å². The van der Waals surface area contributed by atoms with Gasteiger partial charge in [-0.2, -0.15) is 0 Å². The number of carbonyl (C=O) groups is 1. The Labute approximate surface area is 88.8 Å². The van der Waals surface area contributed by atoms with Gasteiger partial charge in [-0.1, -0.05) is 24.8 Å². The van der Waals surface area contributed by atoms with E-state index in [9.17, 15) is 4.79 Å². The van der Waals surface area contributed by atoms with Crippen LogP contribution in [0.2, 0.25) is 0 Å². The summed E-state index contributed by atoms with van der Waals surface area (Å²) in [7, 11) is 1.97. The molecule has 2 nitrogen and oxygen atoms in total. The second kappa shape index (κ2) is 3.39. The number of hydrogen-bond acceptors (Lipinski definition) is 1. The van der Waals surface area contributed by atoms with Crippen molar-refractivity contribution < 1.29 is 4.79 Å². The number of rotatable bonds is 2. The molecule has 76 valence electrons. The average molecular weight is 199 g/mol. The molecule has 2 rings (SSSR count). The molecule has 0 bridgehead atoms. The molecule has 0 aliphatic rings. The Kier molecular flexibility index (Phi) is 2.19. The molecule has 0 saturated carbocycles. The van der Waals surface area contributed by atoms with Gasteiger partial charge in [0.1, 0.15) is 0 Å². The molecule has 0 atom stereocenters. The highest BCUT2D eigenvalue weighted by molar-refractivity contribution is 6.14. The van der Waals surface area contributed by atoms with Gasteiger partial charge in [-0.3, -0.25) is 4.79 Å². The number of benzene rings is 1. The fourth-order valence-corrected chi connectivity index (χ4v) is 1.93. The molecular formula is C13H13NO. The second-order valence-corrected chi connectivity index (χ2v) is 3.60. The summed E-state index contributed by atoms with van der Waals surface area (Å²) in [6.07, 6.45) is 1.37. The van der Waals surface area contributed by atoms with E-state index in [2.05, 4.69) is 6.58 Å². The lowest BCUT2D eigenvalue weighted by atomic mass is 10.1. The lowest BCUT2D eigenvalue weighted by Crippen LogP contribution is -1.97. The Morgan fingerprint density at radius 2 is 2.07 bits per heavy atom. The average Bonchev–Trinajstić information content (AvgIpc) is 2.52. The van der Waals surface area contributed by atoms with Crippen molar-refractivity contribution >= 4 is 16.7 Å². The molecule has 0 N–H and O–H groups in total. The van der Waals surface area contributed by atoms with Crippen molar-refractivity contribution in [2.24, 2.45) is 7.05 Å². The predicted octanol–water partition coefficient (Wildman–Crippen LogP) is 2.86. The first-order chi connectivity index (χ1) is 7.16. The third kappa shape index (κ3) is 1.30. The van der Waals surface area contributed by atoms with E-state index in [1.165, 1.54) is 6.08 Å². The van der Waals surface area contributed by atoms with Gasteiger partial charge >= 0.3 is 0 Å². The van der Waals surface area contributed by atoms with Crippen molar-refractivity contribution in [2.45, 2.75) is 6.92 Å². The van der Waals surface area contributed by atoms with Crippen molar-refractivity contribution in [3.63, 3.8) is 0 Å². The zero-order chi connectivity index (χ0) is 11.0. The van der Waals surface area contributed by atoms with Crippen molar-refractivity contribution in [3.8, 4) is 0 Å². The van der Waals surface area contributed by atoms with Crippen molar-refractivity contribution in [1.29, 1.82) is 0 Å². The summed E-state index contributed by atoms with van der Waals surface area (Å²) in [4.78, 5) is 11.7. The van der Waals surface area contributed by atoms with E-state index in [1.807, 2.05) is 42.8 Å². The highest BCUT2D eigenvalue weighted by atomic mass is 16.1. The van der Waals surface area contributed by atoms with Gasteiger partial charge in [0.15, 0.2) is 5.78 Å². The monoisotopic (exact) mass is 199 g/mol. The van der Waals surface area contributed by atoms with E-state index < -0.39 is 0 Å². The van der Waals surface area contributed by atoms with E-state index >= 15 is 0 Å². The minimum Gasteiger partial charge on any atom is -0.347 e. The van der Waals surface area contributed by atoms with E-state index in [0.717, 1.165) is 22.2 Å². The summed E-state index contributed by atoms with van der Waals surface area (Å²) >= 11 is 0. The first kappa shape index (κ1) is 9.71. The molecule has 1 aromatic heterocycles. The Balaban J connectivity index is 2.89. The van der Waals surface area contributed by atoms with Gasteiger partial charge in [0.2, 0.25) is 0 Å². The molecule has 2 heteroatoms. The third-order valence-electron chi connectivity index (χ3n) is 2.83. The maximum Gasteiger partial charge on any atom is 0.187 e. The summed E-state index contributed by atoms with van der Waals surface area (Å²) in [5, 5.41) is 1.00. The predicted molar refractivity (Wildman–Crippen MR) is 62.2 cm³/mol. The summed E-state index contributed by atoms with van der Waals surface area (Å²) in [6.45, 7) is 5.49. The van der Waals surface area contributed by atoms with Gasteiger partial charge in [-0.25, -0.2) is 0 Å². The Bertz CT molecular complexity index is 549. The lowest BCUT2D eigenvalue weighted by molar-refractivity contribution is 0.104. The van der Waals surface area contributed by atoms with Crippen molar-refractivity contribution in [1.82, 2.24) is 4.57 Å². The minimum absolute atomic E-state index is 0.00991. The lowest BCUT2D eigenvalue weighted by Gasteiger charge is -1.97. The summed E-state index contributed by atoms with van der Waals surface area (Å²) in [5.74, 6) is -0.00991. The summed E-state index contributed by atoms with van der Waals surface area (Å²) in [5.41, 5.74) is 2.84. The number of hydrogen-bond donors (Lipinski definition) is 0. The second-order valence-electron chi connectivity index (χ2n) is 3.60. The molecule has 0 amide bonds. The topological polar surface area (TPSA) is 22.0 Å². The number of fused-ring (bicyclic) bond motifs is 1. The molecule has 1 aromatic carbocycles. The number of aryl methyl sites for hydroxylation is 1. The first-order valence-corrected chi connectivity index (χ1v) is 4.87. The van der Waals surface area contributed by atoms with E-state index in [4.69, 9.17) is 0 Å². The van der Waals surface area contributed by atoms with Crippen molar-refractivity contribution in [3.05, 3.63) is 48.2 Å². The molecule has 1 heterocycles. The van der Waals surface area contributed by atoms with Crippen LogP contribution in [0.25, 0.3) is 10.9 Å². The first-order valence-electron chi connectivity index (χ1n) is 4.87.